The van der Waals surface area contributed by atoms with Gasteiger partial charge in [-0.2, -0.15) is 8.42 Å². The highest BCUT2D eigenvalue weighted by Gasteiger charge is 2.42. The Morgan fingerprint density at radius 1 is 1.06 bits per heavy atom. The third-order valence-electron chi connectivity index (χ3n) is 7.51. The smallest absolute Gasteiger partial charge is 0.357 e. The number of carboxylic acid groups (broad SMARTS) is 2. The van der Waals surface area contributed by atoms with Crippen LogP contribution in [0.2, 0.25) is 5.02 Å². The molecule has 17 heteroatoms. The summed E-state index contributed by atoms with van der Waals surface area (Å²) < 4.78 is 39.3. The number of halogens is 1. The van der Waals surface area contributed by atoms with E-state index in [4.69, 9.17) is 16.0 Å². The van der Waals surface area contributed by atoms with Crippen LogP contribution in [0.5, 0.6) is 0 Å². The second-order valence-corrected chi connectivity index (χ2v) is 12.5. The highest BCUT2D eigenvalue weighted by atomic mass is 35.5. The maximum Gasteiger partial charge on any atom is 0.357 e. The Morgan fingerprint density at radius 3 is 2.40 bits per heavy atom. The fourth-order valence-corrected chi connectivity index (χ4v) is 5.97. The van der Waals surface area contributed by atoms with Crippen LogP contribution in [0.4, 0.5) is 11.4 Å². The van der Waals surface area contributed by atoms with Crippen LogP contribution in [0.3, 0.4) is 0 Å². The Kier molecular flexibility index (Phi) is 11.5. The van der Waals surface area contributed by atoms with Gasteiger partial charge >= 0.3 is 22.2 Å². The Morgan fingerprint density at radius 2 is 1.79 bits per heavy atom. The first-order chi connectivity index (χ1) is 22.2. The van der Waals surface area contributed by atoms with Gasteiger partial charge in [0.1, 0.15) is 17.8 Å². The number of hydrogen-bond acceptors (Lipinski definition) is 9. The number of furan rings is 1. The van der Waals surface area contributed by atoms with E-state index in [1.54, 1.807) is 12.1 Å². The monoisotopic (exact) mass is 691 g/mol. The molecule has 3 aromatic rings. The number of aliphatic carboxylic acids is 2. The van der Waals surface area contributed by atoms with Crippen molar-refractivity contribution in [3.05, 3.63) is 82.8 Å². The lowest BCUT2D eigenvalue weighted by molar-refractivity contribution is -0.149. The lowest BCUT2D eigenvalue weighted by Crippen LogP contribution is -2.53. The van der Waals surface area contributed by atoms with E-state index in [-0.39, 0.29) is 47.9 Å². The number of anilines is 2. The fourth-order valence-electron chi connectivity index (χ4n) is 5.26. The van der Waals surface area contributed by atoms with Crippen molar-refractivity contribution in [3.63, 3.8) is 0 Å². The summed E-state index contributed by atoms with van der Waals surface area (Å²) >= 11 is 6.20. The Hall–Kier alpha value is -4.64. The van der Waals surface area contributed by atoms with Crippen molar-refractivity contribution >= 4 is 57.0 Å². The minimum Gasteiger partial charge on any atom is -0.480 e. The Labute approximate surface area is 275 Å². The van der Waals surface area contributed by atoms with Gasteiger partial charge in [0.25, 0.3) is 5.91 Å². The summed E-state index contributed by atoms with van der Waals surface area (Å²) in [5.74, 6) is -3.39. The van der Waals surface area contributed by atoms with Crippen molar-refractivity contribution in [2.24, 2.45) is 0 Å². The number of hydrogen-bond donors (Lipinski definition) is 7. The molecule has 4 rings (SSSR count). The molecule has 1 aliphatic heterocycles. The highest BCUT2D eigenvalue weighted by molar-refractivity contribution is 7.87. The maximum absolute atomic E-state index is 13.5. The first-order valence-corrected chi connectivity index (χ1v) is 16.3. The summed E-state index contributed by atoms with van der Waals surface area (Å²) in [6.07, 6.45) is 1.91. The molecule has 2 amide bonds. The van der Waals surface area contributed by atoms with Crippen molar-refractivity contribution in [1.82, 2.24) is 15.5 Å². The minimum absolute atomic E-state index is 0.110. The van der Waals surface area contributed by atoms with Crippen LogP contribution in [0, 0.1) is 0 Å². The molecule has 0 aliphatic carbocycles. The zero-order valence-corrected chi connectivity index (χ0v) is 26.6. The average Bonchev–Trinajstić information content (AvgIpc) is 3.69. The lowest BCUT2D eigenvalue weighted by Gasteiger charge is -2.27. The van der Waals surface area contributed by atoms with Crippen LogP contribution in [-0.4, -0.2) is 82.5 Å². The van der Waals surface area contributed by atoms with E-state index in [1.807, 2.05) is 35.1 Å². The van der Waals surface area contributed by atoms with Crippen molar-refractivity contribution in [1.29, 1.82) is 0 Å². The lowest BCUT2D eigenvalue weighted by atomic mass is 10.0. The van der Waals surface area contributed by atoms with Crippen LogP contribution in [-0.2, 0) is 37.7 Å². The molecule has 1 saturated heterocycles. The van der Waals surface area contributed by atoms with Crippen molar-refractivity contribution in [2.75, 3.05) is 16.6 Å². The van der Waals surface area contributed by atoms with Crippen molar-refractivity contribution in [3.8, 4) is 0 Å². The van der Waals surface area contributed by atoms with E-state index >= 15 is 0 Å². The van der Waals surface area contributed by atoms with Gasteiger partial charge in [0.15, 0.2) is 0 Å². The van der Waals surface area contributed by atoms with Gasteiger partial charge in [-0.25, -0.2) is 4.79 Å². The van der Waals surface area contributed by atoms with E-state index in [0.29, 0.717) is 12.2 Å². The van der Waals surface area contributed by atoms with Gasteiger partial charge in [-0.15, -0.1) is 0 Å². The number of carboxylic acids is 2. The standard InChI is InChI=1S/C30H34ClN5O10S/c1-17(33-23(29(39)40)10-9-18-6-3-2-4-7-18)28(38)36-16-19(12-26(36)30(41)42)34-27(37)21-13-25(35-47(43,44)45)22(31)14-24(21)32-15-20-8-5-11-46-20/h2-8,11,13-14,17,19,23,26,32-33,35H,9-10,12,15-16H2,1H3,(H,34,37)(H,39,40)(H,41,42)(H,43,44,45)/t17-,19-,23-,26?/m0/s1. The predicted octanol–water partition coefficient (Wildman–Crippen LogP) is 2.61. The molecule has 0 saturated carbocycles. The van der Waals surface area contributed by atoms with Crippen LogP contribution in [0.25, 0.3) is 0 Å². The number of likely N-dealkylation sites (tertiary alicyclic amines) is 1. The number of benzene rings is 2. The van der Waals surface area contributed by atoms with E-state index in [9.17, 15) is 42.4 Å². The summed E-state index contributed by atoms with van der Waals surface area (Å²) in [4.78, 5) is 52.1. The molecule has 0 bridgehead atoms. The summed E-state index contributed by atoms with van der Waals surface area (Å²) in [5.41, 5.74) is 0.680. The molecule has 47 heavy (non-hydrogen) atoms. The highest BCUT2D eigenvalue weighted by Crippen LogP contribution is 2.31. The van der Waals surface area contributed by atoms with E-state index < -0.39 is 58.2 Å². The van der Waals surface area contributed by atoms with Gasteiger partial charge in [0, 0.05) is 24.7 Å². The molecule has 1 fully saturated rings. The number of amides is 2. The Balaban J connectivity index is 1.48. The number of carbonyl (C=O) groups is 4. The zero-order chi connectivity index (χ0) is 34.3. The number of rotatable bonds is 15. The number of aryl methyl sites for hydroxylation is 1. The molecule has 4 atom stereocenters. The summed E-state index contributed by atoms with van der Waals surface area (Å²) in [7, 11) is -4.75. The second-order valence-electron chi connectivity index (χ2n) is 10.9. The molecule has 2 heterocycles. The maximum atomic E-state index is 13.5. The van der Waals surface area contributed by atoms with Gasteiger partial charge in [0.2, 0.25) is 5.91 Å². The molecule has 7 N–H and O–H groups in total. The van der Waals surface area contributed by atoms with Gasteiger partial charge in [-0.05, 0) is 49.6 Å². The van der Waals surface area contributed by atoms with Crippen LogP contribution in [0.1, 0.15) is 41.4 Å². The van der Waals surface area contributed by atoms with Crippen molar-refractivity contribution in [2.45, 2.75) is 56.9 Å². The number of nitrogens with zero attached hydrogens (tertiary/aromatic N) is 1. The molecule has 1 aliphatic rings. The van der Waals surface area contributed by atoms with Gasteiger partial charge < -0.3 is 30.2 Å². The molecule has 1 unspecified atom stereocenters. The average molecular weight is 692 g/mol. The number of carbonyl (C=O) groups excluding carboxylic acids is 2. The minimum atomic E-state index is -4.75. The largest absolute Gasteiger partial charge is 0.480 e. The van der Waals surface area contributed by atoms with Gasteiger partial charge in [-0.3, -0.25) is 29.0 Å². The third-order valence-corrected chi connectivity index (χ3v) is 8.30. The summed E-state index contributed by atoms with van der Waals surface area (Å²) in [5, 5.41) is 28.0. The molecular formula is C30H34ClN5O10S. The van der Waals surface area contributed by atoms with Gasteiger partial charge in [0.05, 0.1) is 35.1 Å². The van der Waals surface area contributed by atoms with Crippen molar-refractivity contribution < 1.29 is 46.8 Å². The Bertz CT molecular complexity index is 1700. The second kappa shape index (κ2) is 15.3. The molecule has 15 nitrogen and oxygen atoms in total. The number of nitrogens with one attached hydrogen (secondary N) is 4. The first kappa shape index (κ1) is 35.2. The topological polar surface area (TPSA) is 228 Å². The van der Waals surface area contributed by atoms with E-state index in [0.717, 1.165) is 16.5 Å². The third kappa shape index (κ3) is 9.68. The molecule has 2 aromatic carbocycles. The van der Waals surface area contributed by atoms with E-state index in [2.05, 4.69) is 16.0 Å². The van der Waals surface area contributed by atoms with E-state index in [1.165, 1.54) is 19.3 Å². The van der Waals surface area contributed by atoms with Crippen LogP contribution < -0.4 is 20.7 Å². The quantitative estimate of drug-likeness (QED) is 0.114. The molecular weight excluding hydrogens is 658 g/mol. The zero-order valence-electron chi connectivity index (χ0n) is 25.1. The van der Waals surface area contributed by atoms with Crippen LogP contribution in [0.15, 0.2) is 65.3 Å². The molecule has 0 spiro atoms. The first-order valence-electron chi connectivity index (χ1n) is 14.4. The molecule has 252 valence electrons. The summed E-state index contributed by atoms with van der Waals surface area (Å²) in [6, 6.07) is 10.6. The van der Waals surface area contributed by atoms with Crippen LogP contribution >= 0.6 is 11.6 Å². The predicted molar refractivity (Wildman–Crippen MR) is 170 cm³/mol. The fraction of sp³-hybridized carbons (Fsp3) is 0.333. The molecule has 1 aromatic heterocycles. The summed E-state index contributed by atoms with van der Waals surface area (Å²) in [6.45, 7) is 1.36. The normalized spacial score (nSPS) is 17.5. The van der Waals surface area contributed by atoms with Gasteiger partial charge in [-0.1, -0.05) is 41.9 Å². The SMILES string of the molecule is C[C@H](N[C@@H](CCc1ccccc1)C(=O)O)C(=O)N1C[C@@H](NC(=O)c2cc(NS(=O)(=O)O)c(Cl)cc2NCc2ccco2)CC1C(=O)O. The molecule has 0 radical (unpaired) electrons.